The summed E-state index contributed by atoms with van der Waals surface area (Å²) in [6.07, 6.45) is 2.71. The molecule has 0 bridgehead atoms. The van der Waals surface area contributed by atoms with E-state index in [9.17, 15) is 8.78 Å². The minimum absolute atomic E-state index is 0. The molecule has 1 atom stereocenters. The predicted octanol–water partition coefficient (Wildman–Crippen LogP) is 4.60. The smallest absolute Gasteiger partial charge is 0.149 e. The van der Waals surface area contributed by atoms with Crippen molar-refractivity contribution in [3.8, 4) is 0 Å². The van der Waals surface area contributed by atoms with E-state index in [-0.39, 0.29) is 41.4 Å². The van der Waals surface area contributed by atoms with Gasteiger partial charge in [0.05, 0.1) is 5.02 Å². The van der Waals surface area contributed by atoms with E-state index in [2.05, 4.69) is 17.1 Å². The molecule has 128 valence electrons. The highest BCUT2D eigenvalue weighted by molar-refractivity contribution is 6.30. The van der Waals surface area contributed by atoms with Crippen molar-refractivity contribution in [2.24, 2.45) is 0 Å². The third-order valence-corrected chi connectivity index (χ3v) is 4.13. The van der Waals surface area contributed by atoms with Crippen LogP contribution in [0.4, 0.5) is 8.78 Å². The lowest BCUT2D eigenvalue weighted by molar-refractivity contribution is 0.156. The van der Waals surface area contributed by atoms with Crippen molar-refractivity contribution < 1.29 is 8.78 Å². The lowest BCUT2D eigenvalue weighted by Gasteiger charge is -2.35. The minimum atomic E-state index is -0.605. The fourth-order valence-electron chi connectivity index (χ4n) is 2.75. The highest BCUT2D eigenvalue weighted by atomic mass is 35.5. The third kappa shape index (κ3) is 5.20. The summed E-state index contributed by atoms with van der Waals surface area (Å²) in [5, 5.41) is 3.26. The lowest BCUT2D eigenvalue weighted by Crippen LogP contribution is -2.45. The number of hydrogen-bond donors (Lipinski definition) is 1. The Morgan fingerprint density at radius 2 is 1.86 bits per heavy atom. The first-order valence-corrected chi connectivity index (χ1v) is 7.61. The molecule has 0 unspecified atom stereocenters. The molecule has 1 aliphatic rings. The summed E-state index contributed by atoms with van der Waals surface area (Å²) in [7, 11) is 0. The molecule has 0 amide bonds. The Morgan fingerprint density at radius 3 is 2.45 bits per heavy atom. The zero-order chi connectivity index (χ0) is 14.5. The number of benzene rings is 1. The Kier molecular flexibility index (Phi) is 10.5. The summed E-state index contributed by atoms with van der Waals surface area (Å²) in [4.78, 5) is 2.16. The molecule has 2 nitrogen and oxygen atoms in total. The van der Waals surface area contributed by atoms with E-state index in [1.807, 2.05) is 0 Å². The van der Waals surface area contributed by atoms with Gasteiger partial charge in [0, 0.05) is 37.8 Å². The Morgan fingerprint density at radius 1 is 1.23 bits per heavy atom. The highest BCUT2D eigenvalue weighted by Gasteiger charge is 2.28. The molecule has 1 aliphatic heterocycles. The molecule has 0 aromatic heterocycles. The Hall–Kier alpha value is -0.130. The molecule has 7 heteroatoms. The molecule has 0 spiro atoms. The molecule has 1 saturated heterocycles. The largest absolute Gasteiger partial charge is 0.314 e. The average molecular weight is 376 g/mol. The van der Waals surface area contributed by atoms with E-state index >= 15 is 0 Å². The van der Waals surface area contributed by atoms with Crippen LogP contribution in [0, 0.1) is 11.6 Å². The van der Waals surface area contributed by atoms with Crippen LogP contribution in [0.5, 0.6) is 0 Å². The predicted molar refractivity (Wildman–Crippen MR) is 92.6 cm³/mol. The first-order chi connectivity index (χ1) is 9.65. The second-order valence-corrected chi connectivity index (χ2v) is 5.61. The number of hydrogen-bond acceptors (Lipinski definition) is 2. The van der Waals surface area contributed by atoms with Gasteiger partial charge in [-0.25, -0.2) is 8.78 Å². The minimum Gasteiger partial charge on any atom is -0.314 e. The molecule has 1 N–H and O–H groups in total. The first kappa shape index (κ1) is 21.9. The van der Waals surface area contributed by atoms with Crippen LogP contribution < -0.4 is 5.32 Å². The molecular weight excluding hydrogens is 353 g/mol. The summed E-state index contributed by atoms with van der Waals surface area (Å²) in [6, 6.07) is 2.32. The Labute approximate surface area is 148 Å². The van der Waals surface area contributed by atoms with Gasteiger partial charge in [-0.3, -0.25) is 4.90 Å². The summed E-state index contributed by atoms with van der Waals surface area (Å²) in [5.41, 5.74) is 0.132. The lowest BCUT2D eigenvalue weighted by atomic mass is 9.97. The van der Waals surface area contributed by atoms with Crippen molar-refractivity contribution in [3.05, 3.63) is 34.4 Å². The zero-order valence-corrected chi connectivity index (χ0v) is 15.0. The Bertz CT molecular complexity index is 455. The van der Waals surface area contributed by atoms with Gasteiger partial charge in [-0.2, -0.15) is 0 Å². The molecule has 1 heterocycles. The van der Waals surface area contributed by atoms with Crippen molar-refractivity contribution >= 4 is 36.4 Å². The van der Waals surface area contributed by atoms with E-state index in [1.54, 1.807) is 0 Å². The van der Waals surface area contributed by atoms with Crippen LogP contribution >= 0.6 is 36.4 Å². The third-order valence-electron chi connectivity index (χ3n) is 3.84. The van der Waals surface area contributed by atoms with Gasteiger partial charge in [0.15, 0.2) is 0 Å². The van der Waals surface area contributed by atoms with E-state index in [4.69, 9.17) is 11.6 Å². The zero-order valence-electron chi connectivity index (χ0n) is 12.6. The monoisotopic (exact) mass is 374 g/mol. The molecule has 0 aliphatic carbocycles. The van der Waals surface area contributed by atoms with Gasteiger partial charge >= 0.3 is 0 Å². The first-order valence-electron chi connectivity index (χ1n) is 7.23. The van der Waals surface area contributed by atoms with E-state index < -0.39 is 11.6 Å². The van der Waals surface area contributed by atoms with Crippen LogP contribution in [-0.4, -0.2) is 31.1 Å². The van der Waals surface area contributed by atoms with Crippen LogP contribution in [-0.2, 0) is 0 Å². The number of piperazine rings is 1. The standard InChI is InChI=1S/C15H21ClF2N2.2ClH/c1-2-3-4-13(20-9-7-19-8-10-20)14-12(17)6-5-11(16)15(14)18;;/h5-6,13,19H,2-4,7-10H2,1H3;2*1H/t13-;;/m0../s1. The summed E-state index contributed by atoms with van der Waals surface area (Å²) in [5.74, 6) is -1.10. The van der Waals surface area contributed by atoms with Gasteiger partial charge in [-0.05, 0) is 18.6 Å². The van der Waals surface area contributed by atoms with Crippen LogP contribution in [0.1, 0.15) is 37.8 Å². The quantitative estimate of drug-likeness (QED) is 0.757. The van der Waals surface area contributed by atoms with Crippen LogP contribution in [0.15, 0.2) is 12.1 Å². The fourth-order valence-corrected chi connectivity index (χ4v) is 2.91. The fraction of sp³-hybridized carbons (Fsp3) is 0.600. The van der Waals surface area contributed by atoms with Crippen molar-refractivity contribution in [3.63, 3.8) is 0 Å². The average Bonchev–Trinajstić information content (AvgIpc) is 2.47. The summed E-state index contributed by atoms with van der Waals surface area (Å²) >= 11 is 5.83. The van der Waals surface area contributed by atoms with Gasteiger partial charge in [-0.1, -0.05) is 31.4 Å². The normalized spacial score (nSPS) is 16.5. The van der Waals surface area contributed by atoms with Gasteiger partial charge in [0.25, 0.3) is 0 Å². The Balaban J connectivity index is 0.00000220. The van der Waals surface area contributed by atoms with Gasteiger partial charge in [-0.15, -0.1) is 24.8 Å². The van der Waals surface area contributed by atoms with Crippen molar-refractivity contribution in [2.75, 3.05) is 26.2 Å². The topological polar surface area (TPSA) is 15.3 Å². The molecule has 0 saturated carbocycles. The second-order valence-electron chi connectivity index (χ2n) is 5.20. The second kappa shape index (κ2) is 10.6. The van der Waals surface area contributed by atoms with Crippen molar-refractivity contribution in [1.82, 2.24) is 10.2 Å². The van der Waals surface area contributed by atoms with E-state index in [1.165, 1.54) is 12.1 Å². The van der Waals surface area contributed by atoms with E-state index in [0.717, 1.165) is 45.4 Å². The molecule has 0 radical (unpaired) electrons. The molecule has 1 aromatic rings. The maximum absolute atomic E-state index is 14.3. The van der Waals surface area contributed by atoms with Crippen molar-refractivity contribution in [1.29, 1.82) is 0 Å². The number of rotatable bonds is 5. The molecule has 22 heavy (non-hydrogen) atoms. The number of nitrogens with zero attached hydrogens (tertiary/aromatic N) is 1. The number of nitrogens with one attached hydrogen (secondary N) is 1. The molecule has 2 rings (SSSR count). The van der Waals surface area contributed by atoms with Crippen molar-refractivity contribution in [2.45, 2.75) is 32.2 Å². The highest BCUT2D eigenvalue weighted by Crippen LogP contribution is 2.33. The molecule has 1 aromatic carbocycles. The SMILES string of the molecule is CCCC[C@@H](c1c(F)ccc(Cl)c1F)N1CCNCC1.Cl.Cl. The maximum Gasteiger partial charge on any atom is 0.149 e. The van der Waals surface area contributed by atoms with Crippen LogP contribution in [0.2, 0.25) is 5.02 Å². The summed E-state index contributed by atoms with van der Waals surface area (Å²) < 4.78 is 28.4. The summed E-state index contributed by atoms with van der Waals surface area (Å²) in [6.45, 7) is 5.40. The van der Waals surface area contributed by atoms with Crippen LogP contribution in [0.3, 0.4) is 0 Å². The maximum atomic E-state index is 14.3. The van der Waals surface area contributed by atoms with Gasteiger partial charge in [0.2, 0.25) is 0 Å². The number of unbranched alkanes of at least 4 members (excludes halogenated alkanes) is 1. The molecule has 1 fully saturated rings. The number of halogens is 5. The van der Waals surface area contributed by atoms with Gasteiger partial charge in [0.1, 0.15) is 11.6 Å². The van der Waals surface area contributed by atoms with E-state index in [0.29, 0.717) is 0 Å². The van der Waals surface area contributed by atoms with Gasteiger partial charge < -0.3 is 5.32 Å². The molecular formula is C15H23Cl3F2N2. The van der Waals surface area contributed by atoms with Crippen LogP contribution in [0.25, 0.3) is 0 Å².